The van der Waals surface area contributed by atoms with E-state index in [9.17, 15) is 9.59 Å². The van der Waals surface area contributed by atoms with E-state index >= 15 is 0 Å². The number of benzene rings is 2. The Morgan fingerprint density at radius 1 is 0.792 bits per heavy atom. The first-order valence-corrected chi connectivity index (χ1v) is 7.63. The molecule has 1 aromatic heterocycles. The van der Waals surface area contributed by atoms with E-state index in [1.54, 1.807) is 0 Å². The number of hydrogen-bond acceptors (Lipinski definition) is 4. The molecule has 4 aromatic rings. The first-order chi connectivity index (χ1) is 11.6. The van der Waals surface area contributed by atoms with Crippen molar-refractivity contribution in [2.45, 2.75) is 6.92 Å². The SMILES string of the molecule is Cc1ccc(Nc2c(Nc3ccc4cc[nH]c4c3)c(=O)c2=O)cc1. The van der Waals surface area contributed by atoms with Gasteiger partial charge in [-0.05, 0) is 42.6 Å². The highest BCUT2D eigenvalue weighted by Crippen LogP contribution is 2.26. The second-order valence-electron chi connectivity index (χ2n) is 5.80. The summed E-state index contributed by atoms with van der Waals surface area (Å²) >= 11 is 0. The summed E-state index contributed by atoms with van der Waals surface area (Å²) in [5, 5.41) is 7.16. The third-order valence-electron chi connectivity index (χ3n) is 4.06. The molecule has 118 valence electrons. The fourth-order valence-corrected chi connectivity index (χ4v) is 2.68. The van der Waals surface area contributed by atoms with Gasteiger partial charge in [0.2, 0.25) is 0 Å². The lowest BCUT2D eigenvalue weighted by Crippen LogP contribution is -2.35. The highest BCUT2D eigenvalue weighted by atomic mass is 16.2. The van der Waals surface area contributed by atoms with Crippen LogP contribution in [-0.4, -0.2) is 4.98 Å². The number of aromatic amines is 1. The van der Waals surface area contributed by atoms with Gasteiger partial charge < -0.3 is 15.6 Å². The molecule has 0 saturated carbocycles. The van der Waals surface area contributed by atoms with Gasteiger partial charge in [-0.15, -0.1) is 0 Å². The van der Waals surface area contributed by atoms with E-state index in [0.717, 1.165) is 27.8 Å². The van der Waals surface area contributed by atoms with Crippen LogP contribution in [0.2, 0.25) is 0 Å². The fraction of sp³-hybridized carbons (Fsp3) is 0.0526. The molecule has 3 N–H and O–H groups in total. The van der Waals surface area contributed by atoms with Crippen LogP contribution in [0.1, 0.15) is 5.56 Å². The molecule has 0 fully saturated rings. The summed E-state index contributed by atoms with van der Waals surface area (Å²) in [6.45, 7) is 1.99. The fourth-order valence-electron chi connectivity index (χ4n) is 2.68. The molecule has 24 heavy (non-hydrogen) atoms. The molecule has 0 amide bonds. The van der Waals surface area contributed by atoms with Crippen LogP contribution < -0.4 is 21.5 Å². The van der Waals surface area contributed by atoms with Crippen LogP contribution in [0.5, 0.6) is 0 Å². The van der Waals surface area contributed by atoms with Gasteiger partial charge in [0.15, 0.2) is 0 Å². The quantitative estimate of drug-likeness (QED) is 0.503. The molecule has 3 aromatic carbocycles. The molecule has 0 radical (unpaired) electrons. The molecular weight excluding hydrogens is 302 g/mol. The van der Waals surface area contributed by atoms with Crippen LogP contribution in [0.15, 0.2) is 64.3 Å². The van der Waals surface area contributed by atoms with E-state index in [-0.39, 0.29) is 0 Å². The number of aryl methyl sites for hydroxylation is 1. The Labute approximate surface area is 137 Å². The lowest BCUT2D eigenvalue weighted by atomic mass is 10.1. The van der Waals surface area contributed by atoms with Crippen LogP contribution in [0.25, 0.3) is 10.9 Å². The molecule has 0 saturated heterocycles. The van der Waals surface area contributed by atoms with Crippen molar-refractivity contribution in [3.63, 3.8) is 0 Å². The van der Waals surface area contributed by atoms with Crippen molar-refractivity contribution in [2.24, 2.45) is 0 Å². The van der Waals surface area contributed by atoms with E-state index in [4.69, 9.17) is 0 Å². The van der Waals surface area contributed by atoms with Crippen LogP contribution >= 0.6 is 0 Å². The first kappa shape index (κ1) is 14.3. The molecule has 0 bridgehead atoms. The highest BCUT2D eigenvalue weighted by molar-refractivity contribution is 5.87. The lowest BCUT2D eigenvalue weighted by molar-refractivity contribution is 1.35. The molecule has 0 atom stereocenters. The topological polar surface area (TPSA) is 74.0 Å². The van der Waals surface area contributed by atoms with Crippen molar-refractivity contribution in [3.8, 4) is 0 Å². The predicted octanol–water partition coefficient (Wildman–Crippen LogP) is 3.56. The van der Waals surface area contributed by atoms with E-state index in [1.165, 1.54) is 0 Å². The molecule has 0 spiro atoms. The van der Waals surface area contributed by atoms with Gasteiger partial charge >= 0.3 is 0 Å². The second kappa shape index (κ2) is 5.38. The zero-order chi connectivity index (χ0) is 16.7. The van der Waals surface area contributed by atoms with Crippen LogP contribution in [0, 0.1) is 6.92 Å². The smallest absolute Gasteiger partial charge is 0.253 e. The summed E-state index contributed by atoms with van der Waals surface area (Å²) in [5.41, 5.74) is 3.21. The number of fused-ring (bicyclic) bond motifs is 1. The van der Waals surface area contributed by atoms with Gasteiger partial charge in [-0.3, -0.25) is 9.59 Å². The number of anilines is 4. The van der Waals surface area contributed by atoms with Crippen LogP contribution in [0.3, 0.4) is 0 Å². The molecule has 0 aliphatic rings. The second-order valence-corrected chi connectivity index (χ2v) is 5.80. The molecule has 4 rings (SSSR count). The third kappa shape index (κ3) is 2.36. The molecule has 0 aliphatic carbocycles. The van der Waals surface area contributed by atoms with Crippen molar-refractivity contribution < 1.29 is 0 Å². The van der Waals surface area contributed by atoms with E-state index < -0.39 is 10.9 Å². The van der Waals surface area contributed by atoms with E-state index in [2.05, 4.69) is 15.6 Å². The summed E-state index contributed by atoms with van der Waals surface area (Å²) in [7, 11) is 0. The zero-order valence-electron chi connectivity index (χ0n) is 13.0. The maximum absolute atomic E-state index is 11.9. The number of rotatable bonds is 4. The van der Waals surface area contributed by atoms with Gasteiger partial charge in [-0.1, -0.05) is 23.8 Å². The summed E-state index contributed by atoms with van der Waals surface area (Å²) in [6, 6.07) is 15.3. The number of nitrogens with one attached hydrogen (secondary N) is 3. The monoisotopic (exact) mass is 317 g/mol. The van der Waals surface area contributed by atoms with E-state index in [1.807, 2.05) is 61.7 Å². The van der Waals surface area contributed by atoms with Crippen molar-refractivity contribution in [1.82, 2.24) is 4.98 Å². The molecule has 1 heterocycles. The van der Waals surface area contributed by atoms with Crippen LogP contribution in [0.4, 0.5) is 22.7 Å². The number of hydrogen-bond donors (Lipinski definition) is 3. The van der Waals surface area contributed by atoms with Gasteiger partial charge in [0.05, 0.1) is 0 Å². The van der Waals surface area contributed by atoms with Gasteiger partial charge in [0.1, 0.15) is 11.4 Å². The summed E-state index contributed by atoms with van der Waals surface area (Å²) < 4.78 is 0. The molecule has 0 aliphatic heterocycles. The van der Waals surface area contributed by atoms with E-state index in [0.29, 0.717) is 11.4 Å². The predicted molar refractivity (Wildman–Crippen MR) is 97.4 cm³/mol. The third-order valence-corrected chi connectivity index (χ3v) is 4.06. The summed E-state index contributed by atoms with van der Waals surface area (Å²) in [4.78, 5) is 26.9. The summed E-state index contributed by atoms with van der Waals surface area (Å²) in [5.74, 6) is 0. The van der Waals surface area contributed by atoms with Gasteiger partial charge in [0, 0.05) is 23.1 Å². The van der Waals surface area contributed by atoms with Crippen LogP contribution in [-0.2, 0) is 0 Å². The molecular formula is C19H15N3O2. The summed E-state index contributed by atoms with van der Waals surface area (Å²) in [6.07, 6.45) is 1.86. The Morgan fingerprint density at radius 2 is 1.42 bits per heavy atom. The Morgan fingerprint density at radius 3 is 2.12 bits per heavy atom. The minimum Gasteiger partial charge on any atom is -0.361 e. The van der Waals surface area contributed by atoms with Crippen molar-refractivity contribution in [1.29, 1.82) is 0 Å². The average molecular weight is 317 g/mol. The lowest BCUT2D eigenvalue weighted by Gasteiger charge is -2.15. The number of H-pyrrole nitrogens is 1. The molecule has 0 unspecified atom stereocenters. The minimum atomic E-state index is -0.504. The zero-order valence-corrected chi connectivity index (χ0v) is 13.0. The maximum Gasteiger partial charge on any atom is 0.253 e. The molecule has 5 nitrogen and oxygen atoms in total. The normalized spacial score (nSPS) is 11.0. The van der Waals surface area contributed by atoms with Gasteiger partial charge in [-0.25, -0.2) is 0 Å². The Bertz CT molecular complexity index is 1100. The average Bonchev–Trinajstić information content (AvgIpc) is 3.07. The standard InChI is InChI=1S/C19H15N3O2/c1-11-2-5-13(6-3-11)21-16-17(19(24)18(16)23)22-14-7-4-12-8-9-20-15(12)10-14/h2-10,20-22H,1H3. The molecule has 5 heteroatoms. The number of aromatic nitrogens is 1. The van der Waals surface area contributed by atoms with Crippen molar-refractivity contribution >= 4 is 33.7 Å². The highest BCUT2D eigenvalue weighted by Gasteiger charge is 2.21. The minimum absolute atomic E-state index is 0.298. The van der Waals surface area contributed by atoms with Crippen molar-refractivity contribution in [2.75, 3.05) is 10.6 Å². The Kier molecular flexibility index (Phi) is 3.20. The van der Waals surface area contributed by atoms with Crippen molar-refractivity contribution in [3.05, 3.63) is 80.7 Å². The largest absolute Gasteiger partial charge is 0.361 e. The Balaban J connectivity index is 1.64. The first-order valence-electron chi connectivity index (χ1n) is 7.63. The Hall–Kier alpha value is -3.34. The maximum atomic E-state index is 11.9. The van der Waals surface area contributed by atoms with Gasteiger partial charge in [0.25, 0.3) is 10.9 Å². The van der Waals surface area contributed by atoms with Gasteiger partial charge in [-0.2, -0.15) is 0 Å².